The Morgan fingerprint density at radius 3 is 2.48 bits per heavy atom. The number of carbonyl (C=O) groups excluding carboxylic acids is 1. The first-order valence-electron chi connectivity index (χ1n) is 5.98. The predicted molar refractivity (Wildman–Crippen MR) is 83.5 cm³/mol. The minimum Gasteiger partial charge on any atom is -0.545 e. The van der Waals surface area contributed by atoms with Crippen LogP contribution in [0, 0.1) is 6.92 Å². The number of rotatable bonds is 1. The number of halogens is 4. The monoisotopic (exact) mass is 359 g/mol. The van der Waals surface area contributed by atoms with E-state index in [1.807, 2.05) is 0 Å². The highest BCUT2D eigenvalue weighted by Crippen LogP contribution is 2.57. The van der Waals surface area contributed by atoms with Gasteiger partial charge >= 0.3 is 0 Å². The number of aromatic carboxylic acids is 1. The molecule has 0 amide bonds. The van der Waals surface area contributed by atoms with E-state index in [0.29, 0.717) is 32.8 Å². The van der Waals surface area contributed by atoms with Crippen molar-refractivity contribution in [2.24, 2.45) is 0 Å². The molecule has 0 unspecified atom stereocenters. The molecular weight excluding hydrogens is 354 g/mol. The number of carboxylic acid groups (broad SMARTS) is 1. The van der Waals surface area contributed by atoms with Crippen LogP contribution in [0.15, 0.2) is 24.3 Å². The van der Waals surface area contributed by atoms with Crippen LogP contribution in [-0.2, 0) is 4.33 Å². The molecule has 2 nitrogen and oxygen atoms in total. The maximum atomic E-state index is 11.4. The maximum absolute atomic E-state index is 11.4. The van der Waals surface area contributed by atoms with Crippen LogP contribution in [0.2, 0.25) is 10.0 Å². The second kappa shape index (κ2) is 4.79. The average molecular weight is 361 g/mol. The van der Waals surface area contributed by atoms with Crippen LogP contribution < -0.4 is 5.11 Å². The second-order valence-electron chi connectivity index (χ2n) is 4.83. The zero-order valence-electron chi connectivity index (χ0n) is 10.6. The van der Waals surface area contributed by atoms with Crippen LogP contribution in [0.25, 0.3) is 11.1 Å². The van der Waals surface area contributed by atoms with Crippen molar-refractivity contribution < 1.29 is 9.90 Å². The van der Waals surface area contributed by atoms with Crippen LogP contribution in [0.3, 0.4) is 0 Å². The predicted octanol–water partition coefficient (Wildman–Crippen LogP) is 4.32. The molecule has 2 aromatic rings. The van der Waals surface area contributed by atoms with E-state index in [4.69, 9.17) is 46.4 Å². The lowest BCUT2D eigenvalue weighted by atomic mass is 9.96. The summed E-state index contributed by atoms with van der Waals surface area (Å²) in [5, 5.41) is 12.2. The Hall–Kier alpha value is -0.930. The summed E-state index contributed by atoms with van der Waals surface area (Å²) in [7, 11) is 0. The van der Waals surface area contributed by atoms with Gasteiger partial charge in [-0.05, 0) is 41.8 Å². The largest absolute Gasteiger partial charge is 0.545 e. The molecule has 0 bridgehead atoms. The molecular formula is C15H7Cl4O2-. The van der Waals surface area contributed by atoms with Gasteiger partial charge in [0.05, 0.1) is 5.97 Å². The van der Waals surface area contributed by atoms with Gasteiger partial charge in [-0.2, -0.15) is 0 Å². The molecule has 0 saturated heterocycles. The van der Waals surface area contributed by atoms with E-state index in [0.717, 1.165) is 0 Å². The number of carboxylic acids is 1. The fourth-order valence-corrected chi connectivity index (χ4v) is 3.87. The Balaban J connectivity index is 2.50. The van der Waals surface area contributed by atoms with Gasteiger partial charge < -0.3 is 9.90 Å². The van der Waals surface area contributed by atoms with E-state index in [-0.39, 0.29) is 10.6 Å². The van der Waals surface area contributed by atoms with Crippen LogP contribution >= 0.6 is 46.4 Å². The third-order valence-electron chi connectivity index (χ3n) is 3.65. The highest BCUT2D eigenvalue weighted by Gasteiger charge is 2.43. The van der Waals surface area contributed by atoms with Gasteiger partial charge in [-0.3, -0.25) is 0 Å². The van der Waals surface area contributed by atoms with Gasteiger partial charge in [-0.1, -0.05) is 52.5 Å². The molecule has 0 spiro atoms. The van der Waals surface area contributed by atoms with Gasteiger partial charge in [0, 0.05) is 26.7 Å². The smallest absolute Gasteiger partial charge is 0.169 e. The number of alkyl halides is 2. The van der Waals surface area contributed by atoms with E-state index in [1.54, 1.807) is 25.1 Å². The summed E-state index contributed by atoms with van der Waals surface area (Å²) >= 11 is 25.1. The first-order chi connectivity index (χ1) is 9.75. The third kappa shape index (κ3) is 2.05. The van der Waals surface area contributed by atoms with Crippen molar-refractivity contribution in [3.05, 3.63) is 56.6 Å². The Morgan fingerprint density at radius 1 is 1.19 bits per heavy atom. The van der Waals surface area contributed by atoms with Crippen molar-refractivity contribution in [1.29, 1.82) is 0 Å². The van der Waals surface area contributed by atoms with E-state index in [1.165, 1.54) is 6.07 Å². The zero-order valence-corrected chi connectivity index (χ0v) is 13.7. The first kappa shape index (κ1) is 15.0. The van der Waals surface area contributed by atoms with Gasteiger partial charge in [0.2, 0.25) is 0 Å². The van der Waals surface area contributed by atoms with Gasteiger partial charge in [0.1, 0.15) is 0 Å². The SMILES string of the molecule is Cc1c(Cl)cc(C(=O)[O-])c2c1C(Cl)(Cl)c1cc(Cl)ccc1-2. The van der Waals surface area contributed by atoms with Crippen molar-refractivity contribution in [1.82, 2.24) is 0 Å². The molecule has 0 atom stereocenters. The standard InChI is InChI=1S/C15H8Cl4O2/c1-6-11(17)5-9(14(20)21)12-8-3-2-7(16)4-10(8)15(18,19)13(6)12/h2-5H,1H3,(H,20,21)/p-1. The molecule has 21 heavy (non-hydrogen) atoms. The van der Waals surface area contributed by atoms with Gasteiger partial charge in [-0.25, -0.2) is 0 Å². The summed E-state index contributed by atoms with van der Waals surface area (Å²) < 4.78 is -1.41. The fraction of sp³-hybridized carbons (Fsp3) is 0.133. The highest BCUT2D eigenvalue weighted by molar-refractivity contribution is 6.52. The van der Waals surface area contributed by atoms with Gasteiger partial charge in [0.15, 0.2) is 4.33 Å². The number of benzene rings is 2. The van der Waals surface area contributed by atoms with Crippen molar-refractivity contribution >= 4 is 52.4 Å². The number of hydrogen-bond acceptors (Lipinski definition) is 2. The van der Waals surface area contributed by atoms with E-state index >= 15 is 0 Å². The van der Waals surface area contributed by atoms with Gasteiger partial charge in [-0.15, -0.1) is 0 Å². The summed E-state index contributed by atoms with van der Waals surface area (Å²) in [5.74, 6) is -1.33. The average Bonchev–Trinajstić information content (AvgIpc) is 2.62. The van der Waals surface area contributed by atoms with Crippen LogP contribution in [0.5, 0.6) is 0 Å². The number of hydrogen-bond donors (Lipinski definition) is 0. The molecule has 2 aromatic carbocycles. The molecule has 1 aliphatic rings. The molecule has 0 aromatic heterocycles. The maximum Gasteiger partial charge on any atom is 0.169 e. The molecule has 108 valence electrons. The fourth-order valence-electron chi connectivity index (χ4n) is 2.71. The molecule has 0 radical (unpaired) electrons. The molecule has 1 aliphatic carbocycles. The summed E-state index contributed by atoms with van der Waals surface area (Å²) in [6.07, 6.45) is 0. The number of carbonyl (C=O) groups is 1. The van der Waals surface area contributed by atoms with Crippen LogP contribution in [0.1, 0.15) is 27.0 Å². The van der Waals surface area contributed by atoms with E-state index < -0.39 is 10.3 Å². The normalized spacial score (nSPS) is 14.7. The number of fused-ring (bicyclic) bond motifs is 3. The molecule has 0 fully saturated rings. The molecule has 0 N–H and O–H groups in total. The van der Waals surface area contributed by atoms with Crippen molar-refractivity contribution in [2.45, 2.75) is 11.3 Å². The lowest BCUT2D eigenvalue weighted by molar-refractivity contribution is -0.254. The summed E-state index contributed by atoms with van der Waals surface area (Å²) in [6.45, 7) is 1.74. The van der Waals surface area contributed by atoms with Crippen molar-refractivity contribution in [2.75, 3.05) is 0 Å². The van der Waals surface area contributed by atoms with E-state index in [9.17, 15) is 9.90 Å². The quantitative estimate of drug-likeness (QED) is 0.710. The summed E-state index contributed by atoms with van der Waals surface area (Å²) in [5.41, 5.74) is 2.67. The Bertz CT molecular complexity index is 797. The highest BCUT2D eigenvalue weighted by atomic mass is 35.5. The van der Waals surface area contributed by atoms with E-state index in [2.05, 4.69) is 0 Å². The zero-order chi connectivity index (χ0) is 15.5. The molecule has 0 aliphatic heterocycles. The van der Waals surface area contributed by atoms with Crippen LogP contribution in [0.4, 0.5) is 0 Å². The second-order valence-corrected chi connectivity index (χ2v) is 7.00. The first-order valence-corrected chi connectivity index (χ1v) is 7.49. The van der Waals surface area contributed by atoms with Crippen molar-refractivity contribution in [3.8, 4) is 11.1 Å². The Labute approximate surface area is 141 Å². The molecule has 3 rings (SSSR count). The topological polar surface area (TPSA) is 40.1 Å². The Morgan fingerprint density at radius 2 is 1.86 bits per heavy atom. The summed E-state index contributed by atoms with van der Waals surface area (Å²) in [4.78, 5) is 11.4. The molecule has 6 heteroatoms. The lowest BCUT2D eigenvalue weighted by Gasteiger charge is -2.20. The van der Waals surface area contributed by atoms with Crippen molar-refractivity contribution in [3.63, 3.8) is 0 Å². The Kier molecular flexibility index (Phi) is 3.42. The summed E-state index contributed by atoms with van der Waals surface area (Å²) in [6, 6.07) is 6.34. The minimum absolute atomic E-state index is 0.0349. The van der Waals surface area contributed by atoms with Gasteiger partial charge in [0.25, 0.3) is 0 Å². The molecule has 0 heterocycles. The minimum atomic E-state index is -1.41. The van der Waals surface area contributed by atoms with Crippen LogP contribution in [-0.4, -0.2) is 5.97 Å². The molecule has 0 saturated carbocycles. The lowest BCUT2D eigenvalue weighted by Crippen LogP contribution is -2.23. The third-order valence-corrected chi connectivity index (χ3v) is 5.06.